The highest BCUT2D eigenvalue weighted by Crippen LogP contribution is 2.31. The number of amides is 1. The van der Waals surface area contributed by atoms with Gasteiger partial charge < -0.3 is 4.90 Å². The predicted molar refractivity (Wildman–Crippen MR) is 98.6 cm³/mol. The first kappa shape index (κ1) is 16.3. The molecule has 1 unspecified atom stereocenters. The Labute approximate surface area is 149 Å². The fourth-order valence-electron chi connectivity index (χ4n) is 4.28. The second-order valence-electron chi connectivity index (χ2n) is 7.53. The highest BCUT2D eigenvalue weighted by Gasteiger charge is 2.38. The van der Waals surface area contributed by atoms with E-state index in [2.05, 4.69) is 42.0 Å². The van der Waals surface area contributed by atoms with E-state index in [1.165, 1.54) is 16.7 Å². The molecule has 1 atom stereocenters. The third-order valence-corrected chi connectivity index (χ3v) is 5.57. The molecule has 0 saturated carbocycles. The molecule has 2 aromatic rings. The third-order valence-electron chi connectivity index (χ3n) is 5.57. The van der Waals surface area contributed by atoms with Crippen molar-refractivity contribution in [3.8, 4) is 0 Å². The van der Waals surface area contributed by atoms with Gasteiger partial charge in [-0.3, -0.25) is 14.4 Å². The lowest BCUT2D eigenvalue weighted by atomic mass is 9.88. The fraction of sp³-hybridized carbons (Fsp3) is 0.500. The summed E-state index contributed by atoms with van der Waals surface area (Å²) in [6.07, 6.45) is 5.63. The van der Waals surface area contributed by atoms with E-state index >= 15 is 0 Å². The minimum Gasteiger partial charge on any atom is -0.308 e. The lowest BCUT2D eigenvalue weighted by Gasteiger charge is -2.34. The van der Waals surface area contributed by atoms with Crippen LogP contribution in [-0.4, -0.2) is 39.7 Å². The second-order valence-corrected chi connectivity index (χ2v) is 7.53. The smallest absolute Gasteiger partial charge is 0.244 e. The third kappa shape index (κ3) is 2.86. The number of nitrogens with zero attached hydrogens (tertiary/aromatic N) is 4. The maximum atomic E-state index is 12.9. The van der Waals surface area contributed by atoms with Crippen LogP contribution >= 0.6 is 0 Å². The number of hydrogen-bond acceptors (Lipinski definition) is 3. The molecule has 1 aromatic carbocycles. The summed E-state index contributed by atoms with van der Waals surface area (Å²) < 4.78 is 1.75. The van der Waals surface area contributed by atoms with Crippen LogP contribution in [0.4, 0.5) is 5.69 Å². The number of benzene rings is 1. The van der Waals surface area contributed by atoms with E-state index in [1.54, 1.807) is 10.9 Å². The molecular formula is C20H26N4O. The first-order valence-corrected chi connectivity index (χ1v) is 9.19. The van der Waals surface area contributed by atoms with E-state index in [1.807, 2.05) is 18.1 Å². The highest BCUT2D eigenvalue weighted by molar-refractivity contribution is 5.99. The lowest BCUT2D eigenvalue weighted by molar-refractivity contribution is -0.122. The molecule has 2 aliphatic rings. The molecule has 3 heterocycles. The van der Waals surface area contributed by atoms with Crippen LogP contribution in [0, 0.1) is 0 Å². The number of aromatic nitrogens is 2. The van der Waals surface area contributed by atoms with Gasteiger partial charge in [-0.15, -0.1) is 0 Å². The predicted octanol–water partition coefficient (Wildman–Crippen LogP) is 2.71. The molecule has 0 N–H and O–H groups in total. The van der Waals surface area contributed by atoms with Crippen LogP contribution in [-0.2, 0) is 24.8 Å². The monoisotopic (exact) mass is 338 g/mol. The van der Waals surface area contributed by atoms with E-state index in [0.29, 0.717) is 5.92 Å². The standard InChI is InChI=1S/C20H26N4O/c1-14(2)17-6-4-5-15-12-23(9-7-18(15)17)19-8-10-24(20(19)25)16-11-21-22(3)13-16/h4-6,11,13-14,19H,7-10,12H2,1-3H3. The van der Waals surface area contributed by atoms with Crippen molar-refractivity contribution in [3.63, 3.8) is 0 Å². The van der Waals surface area contributed by atoms with Crippen molar-refractivity contribution >= 4 is 11.6 Å². The summed E-state index contributed by atoms with van der Waals surface area (Å²) in [4.78, 5) is 17.2. The Morgan fingerprint density at radius 2 is 2.08 bits per heavy atom. The van der Waals surface area contributed by atoms with E-state index in [-0.39, 0.29) is 11.9 Å². The van der Waals surface area contributed by atoms with E-state index in [0.717, 1.165) is 38.2 Å². The average Bonchev–Trinajstić information content (AvgIpc) is 3.19. The Hall–Kier alpha value is -2.14. The fourth-order valence-corrected chi connectivity index (χ4v) is 4.28. The van der Waals surface area contributed by atoms with Crippen LogP contribution in [0.2, 0.25) is 0 Å². The SMILES string of the molecule is CC(C)c1cccc2c1CCN(C1CCN(c3cnn(C)c3)C1=O)C2. The first-order chi connectivity index (χ1) is 12.0. The van der Waals surface area contributed by atoms with Crippen molar-refractivity contribution in [2.24, 2.45) is 7.05 Å². The molecule has 4 rings (SSSR count). The Morgan fingerprint density at radius 1 is 1.24 bits per heavy atom. The number of anilines is 1. The number of carbonyl (C=O) groups is 1. The van der Waals surface area contributed by atoms with Crippen LogP contribution in [0.5, 0.6) is 0 Å². The maximum Gasteiger partial charge on any atom is 0.244 e. The van der Waals surface area contributed by atoms with Gasteiger partial charge in [-0.05, 0) is 35.4 Å². The molecule has 0 bridgehead atoms. The van der Waals surface area contributed by atoms with E-state index in [4.69, 9.17) is 0 Å². The largest absolute Gasteiger partial charge is 0.308 e. The van der Waals surface area contributed by atoms with Crippen molar-refractivity contribution in [2.75, 3.05) is 18.0 Å². The van der Waals surface area contributed by atoms with Gasteiger partial charge in [0.05, 0.1) is 17.9 Å². The molecule has 1 aromatic heterocycles. The van der Waals surface area contributed by atoms with Gasteiger partial charge in [-0.2, -0.15) is 5.10 Å². The molecule has 132 valence electrons. The second kappa shape index (κ2) is 6.30. The number of rotatable bonds is 3. The molecule has 0 aliphatic carbocycles. The normalized spacial score (nSPS) is 21.2. The molecule has 25 heavy (non-hydrogen) atoms. The number of hydrogen-bond donors (Lipinski definition) is 0. The number of aryl methyl sites for hydroxylation is 1. The van der Waals surface area contributed by atoms with Gasteiger partial charge in [0.15, 0.2) is 0 Å². The summed E-state index contributed by atoms with van der Waals surface area (Å²) >= 11 is 0. The van der Waals surface area contributed by atoms with Gasteiger partial charge >= 0.3 is 0 Å². The topological polar surface area (TPSA) is 41.4 Å². The Morgan fingerprint density at radius 3 is 2.80 bits per heavy atom. The molecule has 0 spiro atoms. The zero-order valence-corrected chi connectivity index (χ0v) is 15.3. The Bertz CT molecular complexity index is 795. The van der Waals surface area contributed by atoms with E-state index < -0.39 is 0 Å². The minimum absolute atomic E-state index is 0.00365. The summed E-state index contributed by atoms with van der Waals surface area (Å²) in [5.41, 5.74) is 5.27. The van der Waals surface area contributed by atoms with Crippen LogP contribution in [0.1, 0.15) is 42.9 Å². The molecule has 1 fully saturated rings. The van der Waals surface area contributed by atoms with Gasteiger partial charge in [-0.1, -0.05) is 32.0 Å². The van der Waals surface area contributed by atoms with Gasteiger partial charge in [0.25, 0.3) is 0 Å². The summed E-state index contributed by atoms with van der Waals surface area (Å²) in [5, 5.41) is 4.20. The summed E-state index contributed by atoms with van der Waals surface area (Å²) in [6.45, 7) is 7.15. The van der Waals surface area contributed by atoms with Crippen molar-refractivity contribution in [2.45, 2.75) is 45.2 Å². The van der Waals surface area contributed by atoms with Crippen LogP contribution in [0.15, 0.2) is 30.6 Å². The molecule has 1 amide bonds. The number of fused-ring (bicyclic) bond motifs is 1. The van der Waals surface area contributed by atoms with Crippen molar-refractivity contribution in [1.29, 1.82) is 0 Å². The van der Waals surface area contributed by atoms with Crippen LogP contribution in [0.3, 0.4) is 0 Å². The van der Waals surface area contributed by atoms with Crippen LogP contribution < -0.4 is 4.90 Å². The summed E-state index contributed by atoms with van der Waals surface area (Å²) in [7, 11) is 1.88. The van der Waals surface area contributed by atoms with Gasteiger partial charge in [0, 0.05) is 32.9 Å². The Balaban J connectivity index is 1.53. The summed E-state index contributed by atoms with van der Waals surface area (Å²) in [6, 6.07) is 6.64. The highest BCUT2D eigenvalue weighted by atomic mass is 16.2. The molecule has 5 nitrogen and oxygen atoms in total. The van der Waals surface area contributed by atoms with E-state index in [9.17, 15) is 4.79 Å². The molecule has 5 heteroatoms. The van der Waals surface area contributed by atoms with Crippen molar-refractivity contribution < 1.29 is 4.79 Å². The average molecular weight is 338 g/mol. The lowest BCUT2D eigenvalue weighted by Crippen LogP contribution is -2.44. The van der Waals surface area contributed by atoms with Gasteiger partial charge in [0.1, 0.15) is 0 Å². The zero-order valence-electron chi connectivity index (χ0n) is 15.3. The number of carbonyl (C=O) groups excluding carboxylic acids is 1. The maximum absolute atomic E-state index is 12.9. The molecule has 2 aliphatic heterocycles. The quantitative estimate of drug-likeness (QED) is 0.864. The molecule has 0 radical (unpaired) electrons. The molecule has 1 saturated heterocycles. The zero-order chi connectivity index (χ0) is 17.6. The Kier molecular flexibility index (Phi) is 4.12. The molecular weight excluding hydrogens is 312 g/mol. The summed E-state index contributed by atoms with van der Waals surface area (Å²) in [5.74, 6) is 0.771. The van der Waals surface area contributed by atoms with Crippen molar-refractivity contribution in [1.82, 2.24) is 14.7 Å². The van der Waals surface area contributed by atoms with Crippen LogP contribution in [0.25, 0.3) is 0 Å². The van der Waals surface area contributed by atoms with Gasteiger partial charge in [-0.25, -0.2) is 0 Å². The first-order valence-electron chi connectivity index (χ1n) is 9.19. The van der Waals surface area contributed by atoms with Crippen molar-refractivity contribution in [3.05, 3.63) is 47.3 Å². The minimum atomic E-state index is -0.00365. The van der Waals surface area contributed by atoms with Gasteiger partial charge in [0.2, 0.25) is 5.91 Å².